The summed E-state index contributed by atoms with van der Waals surface area (Å²) in [6.45, 7) is 4.25. The Balaban J connectivity index is 1.42. The van der Waals surface area contributed by atoms with Gasteiger partial charge in [-0.1, -0.05) is 69.2 Å². The highest BCUT2D eigenvalue weighted by Crippen LogP contribution is 2.38. The van der Waals surface area contributed by atoms with Gasteiger partial charge in [-0.2, -0.15) is 4.39 Å². The molecule has 0 aliphatic heterocycles. The van der Waals surface area contributed by atoms with Crippen LogP contribution in [0.15, 0.2) is 54.6 Å². The average Bonchev–Trinajstić information content (AvgIpc) is 2.81. The molecule has 1 aliphatic rings. The van der Waals surface area contributed by atoms with Crippen LogP contribution in [0.2, 0.25) is 0 Å². The second-order valence-electron chi connectivity index (χ2n) is 8.88. The van der Waals surface area contributed by atoms with Crippen LogP contribution in [0, 0.1) is 23.4 Å². The van der Waals surface area contributed by atoms with Crippen LogP contribution in [0.1, 0.15) is 62.1 Å². The molecule has 1 aliphatic carbocycles. The first-order valence-electron chi connectivity index (χ1n) is 11.4. The Morgan fingerprint density at radius 2 is 1.50 bits per heavy atom. The molecule has 4 heteroatoms. The maximum Gasteiger partial charge on any atom is 0.200 e. The number of benzene rings is 3. The molecule has 0 heterocycles. The van der Waals surface area contributed by atoms with Crippen molar-refractivity contribution in [2.75, 3.05) is 0 Å². The van der Waals surface area contributed by atoms with Crippen molar-refractivity contribution in [3.63, 3.8) is 0 Å². The number of ether oxygens (including phenoxy) is 1. The van der Waals surface area contributed by atoms with E-state index in [2.05, 4.69) is 6.92 Å². The fourth-order valence-corrected chi connectivity index (χ4v) is 4.51. The molecule has 0 bridgehead atoms. The van der Waals surface area contributed by atoms with Gasteiger partial charge < -0.3 is 4.74 Å². The van der Waals surface area contributed by atoms with Crippen molar-refractivity contribution in [1.29, 1.82) is 0 Å². The van der Waals surface area contributed by atoms with E-state index < -0.39 is 11.6 Å². The molecule has 0 unspecified atom stereocenters. The van der Waals surface area contributed by atoms with Crippen LogP contribution in [0.25, 0.3) is 11.1 Å². The molecule has 1 fully saturated rings. The van der Waals surface area contributed by atoms with Crippen molar-refractivity contribution in [3.8, 4) is 16.9 Å². The molecule has 0 amide bonds. The van der Waals surface area contributed by atoms with Crippen LogP contribution in [0.4, 0.5) is 13.2 Å². The largest absolute Gasteiger partial charge is 0.486 e. The van der Waals surface area contributed by atoms with Gasteiger partial charge in [0.25, 0.3) is 0 Å². The second-order valence-corrected chi connectivity index (χ2v) is 8.88. The molecule has 0 atom stereocenters. The summed E-state index contributed by atoms with van der Waals surface area (Å²) in [7, 11) is 0. The average molecular weight is 439 g/mol. The Bertz CT molecular complexity index is 1070. The summed E-state index contributed by atoms with van der Waals surface area (Å²) in [6.07, 6.45) is 4.55. The molecule has 1 saturated carbocycles. The van der Waals surface area contributed by atoms with Crippen LogP contribution in [-0.4, -0.2) is 0 Å². The van der Waals surface area contributed by atoms with E-state index in [0.29, 0.717) is 23.5 Å². The molecular weight excluding hydrogens is 409 g/mol. The normalized spacial score (nSPS) is 18.5. The predicted molar refractivity (Wildman–Crippen MR) is 122 cm³/mol. The summed E-state index contributed by atoms with van der Waals surface area (Å²) in [5.41, 5.74) is 3.67. The highest BCUT2D eigenvalue weighted by atomic mass is 19.2. The molecule has 0 aromatic heterocycles. The van der Waals surface area contributed by atoms with Gasteiger partial charge in [-0.25, -0.2) is 8.78 Å². The van der Waals surface area contributed by atoms with Crippen molar-refractivity contribution >= 4 is 0 Å². The van der Waals surface area contributed by atoms with Crippen LogP contribution >= 0.6 is 0 Å². The fourth-order valence-electron chi connectivity index (χ4n) is 4.51. The Morgan fingerprint density at radius 3 is 2.16 bits per heavy atom. The Hall–Kier alpha value is -2.75. The molecule has 4 rings (SSSR count). The first-order valence-corrected chi connectivity index (χ1v) is 11.4. The van der Waals surface area contributed by atoms with Crippen LogP contribution in [0.3, 0.4) is 0 Å². The maximum absolute atomic E-state index is 14.7. The number of aryl methyl sites for hydroxylation is 1. The van der Waals surface area contributed by atoms with Gasteiger partial charge in [0.05, 0.1) is 0 Å². The first kappa shape index (κ1) is 22.4. The van der Waals surface area contributed by atoms with Crippen molar-refractivity contribution < 1.29 is 17.9 Å². The van der Waals surface area contributed by atoms with Gasteiger partial charge in [-0.3, -0.25) is 0 Å². The lowest BCUT2D eigenvalue weighted by Crippen LogP contribution is -2.13. The minimum atomic E-state index is -0.913. The molecule has 3 aromatic carbocycles. The smallest absolute Gasteiger partial charge is 0.200 e. The topological polar surface area (TPSA) is 9.23 Å². The predicted octanol–water partition coefficient (Wildman–Crippen LogP) is 8.21. The summed E-state index contributed by atoms with van der Waals surface area (Å²) < 4.78 is 49.0. The molecule has 168 valence electrons. The zero-order chi connectivity index (χ0) is 22.7. The van der Waals surface area contributed by atoms with Crippen molar-refractivity contribution in [3.05, 3.63) is 88.7 Å². The molecule has 1 nitrogen and oxygen atoms in total. The Labute approximate surface area is 188 Å². The molecule has 3 aromatic rings. The quantitative estimate of drug-likeness (QED) is 0.377. The lowest BCUT2D eigenvalue weighted by molar-refractivity contribution is 0.282. The summed E-state index contributed by atoms with van der Waals surface area (Å²) in [5.74, 6) is -1.24. The van der Waals surface area contributed by atoms with Crippen molar-refractivity contribution in [1.82, 2.24) is 0 Å². The third kappa shape index (κ3) is 4.85. The zero-order valence-corrected chi connectivity index (χ0v) is 18.6. The third-order valence-electron chi connectivity index (χ3n) is 6.65. The second kappa shape index (κ2) is 9.81. The fraction of sp³-hybridized carbons (Fsp3) is 0.357. The lowest BCUT2D eigenvalue weighted by atomic mass is 9.79. The van der Waals surface area contributed by atoms with E-state index in [4.69, 9.17) is 4.74 Å². The minimum absolute atomic E-state index is 0.0725. The maximum atomic E-state index is 14.7. The minimum Gasteiger partial charge on any atom is -0.486 e. The molecule has 0 spiro atoms. The molecule has 0 radical (unpaired) electrons. The highest BCUT2D eigenvalue weighted by Gasteiger charge is 2.25. The van der Waals surface area contributed by atoms with Crippen LogP contribution < -0.4 is 4.74 Å². The summed E-state index contributed by atoms with van der Waals surface area (Å²) in [4.78, 5) is 0. The highest BCUT2D eigenvalue weighted by molar-refractivity contribution is 5.64. The van der Waals surface area contributed by atoms with Crippen molar-refractivity contribution in [2.24, 2.45) is 5.92 Å². The number of rotatable bonds is 6. The standard InChI is InChI=1S/C28H29F3O/c1-3-20-12-13-23(16-25(20)29)21-10-6-19(7-11-21)17-32-26-15-14-24(27(30)28(26)31)22-8-4-18(2)5-9-22/h6-7,10-16,18,22H,3-5,8-9,17H2,1-2H3. The Kier molecular flexibility index (Phi) is 6.88. The first-order chi connectivity index (χ1) is 15.5. The number of hydrogen-bond donors (Lipinski definition) is 0. The van der Waals surface area contributed by atoms with E-state index in [9.17, 15) is 13.2 Å². The van der Waals surface area contributed by atoms with Gasteiger partial charge in [-0.05, 0) is 71.0 Å². The molecule has 0 N–H and O–H groups in total. The van der Waals surface area contributed by atoms with Gasteiger partial charge in [0.15, 0.2) is 11.6 Å². The zero-order valence-electron chi connectivity index (χ0n) is 18.6. The van der Waals surface area contributed by atoms with E-state index in [1.807, 2.05) is 37.3 Å². The summed E-state index contributed by atoms with van der Waals surface area (Å²) in [6, 6.07) is 15.9. The van der Waals surface area contributed by atoms with Gasteiger partial charge in [-0.15, -0.1) is 0 Å². The van der Waals surface area contributed by atoms with Gasteiger partial charge in [0, 0.05) is 0 Å². The lowest BCUT2D eigenvalue weighted by Gasteiger charge is -2.27. The van der Waals surface area contributed by atoms with Gasteiger partial charge >= 0.3 is 0 Å². The van der Waals surface area contributed by atoms with E-state index in [1.165, 1.54) is 12.1 Å². The van der Waals surface area contributed by atoms with Gasteiger partial charge in [0.2, 0.25) is 5.82 Å². The number of halogens is 3. The van der Waals surface area contributed by atoms with Crippen LogP contribution in [0.5, 0.6) is 5.75 Å². The monoisotopic (exact) mass is 438 g/mol. The van der Waals surface area contributed by atoms with E-state index in [1.54, 1.807) is 12.1 Å². The van der Waals surface area contributed by atoms with E-state index >= 15 is 0 Å². The molecular formula is C28H29F3O. The third-order valence-corrected chi connectivity index (χ3v) is 6.65. The molecule has 32 heavy (non-hydrogen) atoms. The van der Waals surface area contributed by atoms with E-state index in [-0.39, 0.29) is 24.1 Å². The molecule has 0 saturated heterocycles. The summed E-state index contributed by atoms with van der Waals surface area (Å²) >= 11 is 0. The van der Waals surface area contributed by atoms with E-state index in [0.717, 1.165) is 42.4 Å². The van der Waals surface area contributed by atoms with Crippen LogP contribution in [-0.2, 0) is 13.0 Å². The SMILES string of the molecule is CCc1ccc(-c2ccc(COc3ccc(C4CCC(C)CC4)c(F)c3F)cc2)cc1F. The van der Waals surface area contributed by atoms with Crippen molar-refractivity contribution in [2.45, 2.75) is 58.5 Å². The summed E-state index contributed by atoms with van der Waals surface area (Å²) in [5, 5.41) is 0. The number of hydrogen-bond acceptors (Lipinski definition) is 1. The Morgan fingerprint density at radius 1 is 0.812 bits per heavy atom. The van der Waals surface area contributed by atoms with Gasteiger partial charge in [0.1, 0.15) is 12.4 Å².